The number of nitrogens with one attached hydrogen (secondary N) is 1. The van der Waals surface area contributed by atoms with Crippen LogP contribution in [-0.2, 0) is 0 Å². The van der Waals surface area contributed by atoms with E-state index in [1.807, 2.05) is 7.05 Å². The first-order chi connectivity index (χ1) is 10.3. The van der Waals surface area contributed by atoms with E-state index < -0.39 is 0 Å². The number of allylic oxidation sites excluding steroid dienone is 2. The predicted octanol–water partition coefficient (Wildman–Crippen LogP) is 6.98. The lowest BCUT2D eigenvalue weighted by Gasteiger charge is -2.06. The van der Waals surface area contributed by atoms with Crippen molar-refractivity contribution in [3.8, 4) is 0 Å². The standard InChI is InChI=1S/C20H41N/c1-4-6-7-8-9-10-11-12-13-14-15-16-17-19-20(21-3)18-5-2/h18,21H,4-17,19H2,1-3H3. The number of rotatable bonds is 16. The third-order valence-electron chi connectivity index (χ3n) is 4.32. The van der Waals surface area contributed by atoms with Crippen molar-refractivity contribution in [1.82, 2.24) is 5.32 Å². The molecule has 0 amide bonds. The summed E-state index contributed by atoms with van der Waals surface area (Å²) in [6.07, 6.45) is 23.4. The molecule has 0 unspecified atom stereocenters. The Hall–Kier alpha value is -0.460. The van der Waals surface area contributed by atoms with Gasteiger partial charge in [-0.15, -0.1) is 0 Å². The minimum atomic E-state index is 1.15. The highest BCUT2D eigenvalue weighted by atomic mass is 14.8. The van der Waals surface area contributed by atoms with E-state index in [0.717, 1.165) is 6.42 Å². The van der Waals surface area contributed by atoms with Crippen LogP contribution >= 0.6 is 0 Å². The minimum absolute atomic E-state index is 1.15. The Morgan fingerprint density at radius 3 is 1.48 bits per heavy atom. The number of unbranched alkanes of at least 4 members (excludes halogenated alkanes) is 12. The van der Waals surface area contributed by atoms with Gasteiger partial charge in [-0.25, -0.2) is 0 Å². The van der Waals surface area contributed by atoms with Crippen LogP contribution in [0.25, 0.3) is 0 Å². The van der Waals surface area contributed by atoms with Crippen molar-refractivity contribution in [2.24, 2.45) is 0 Å². The van der Waals surface area contributed by atoms with Crippen LogP contribution in [0.3, 0.4) is 0 Å². The van der Waals surface area contributed by atoms with E-state index >= 15 is 0 Å². The van der Waals surface area contributed by atoms with Gasteiger partial charge in [-0.3, -0.25) is 0 Å². The number of hydrogen-bond acceptors (Lipinski definition) is 1. The molecule has 0 aliphatic rings. The molecule has 0 fully saturated rings. The first kappa shape index (κ1) is 20.5. The quantitative estimate of drug-likeness (QED) is 0.303. The predicted molar refractivity (Wildman–Crippen MR) is 97.7 cm³/mol. The summed E-state index contributed by atoms with van der Waals surface area (Å²) in [5.41, 5.74) is 1.43. The normalized spacial score (nSPS) is 11.9. The van der Waals surface area contributed by atoms with Crippen molar-refractivity contribution in [2.45, 2.75) is 110 Å². The van der Waals surface area contributed by atoms with E-state index in [4.69, 9.17) is 0 Å². The van der Waals surface area contributed by atoms with Crippen LogP contribution in [-0.4, -0.2) is 7.05 Å². The third kappa shape index (κ3) is 15.7. The maximum atomic E-state index is 3.31. The molecular weight excluding hydrogens is 254 g/mol. The molecule has 126 valence electrons. The van der Waals surface area contributed by atoms with Crippen molar-refractivity contribution < 1.29 is 0 Å². The lowest BCUT2D eigenvalue weighted by atomic mass is 10.0. The molecule has 1 N–H and O–H groups in total. The molecule has 0 saturated carbocycles. The summed E-state index contributed by atoms with van der Waals surface area (Å²) in [5, 5.41) is 3.31. The summed E-state index contributed by atoms with van der Waals surface area (Å²) >= 11 is 0. The summed E-state index contributed by atoms with van der Waals surface area (Å²) in [7, 11) is 2.05. The van der Waals surface area contributed by atoms with Crippen LogP contribution in [0, 0.1) is 0 Å². The maximum Gasteiger partial charge on any atom is 0.00634 e. The molecule has 0 radical (unpaired) electrons. The zero-order valence-corrected chi connectivity index (χ0v) is 15.2. The van der Waals surface area contributed by atoms with Gasteiger partial charge in [-0.2, -0.15) is 0 Å². The molecule has 0 aromatic heterocycles. The van der Waals surface area contributed by atoms with Gasteiger partial charge in [-0.05, 0) is 19.3 Å². The average molecular weight is 296 g/mol. The molecular formula is C20H41N. The summed E-state index contributed by atoms with van der Waals surface area (Å²) in [4.78, 5) is 0. The van der Waals surface area contributed by atoms with Crippen molar-refractivity contribution in [3.63, 3.8) is 0 Å². The molecule has 1 heteroatoms. The average Bonchev–Trinajstić information content (AvgIpc) is 2.50. The summed E-state index contributed by atoms with van der Waals surface area (Å²) in [6, 6.07) is 0. The molecule has 1 nitrogen and oxygen atoms in total. The van der Waals surface area contributed by atoms with Crippen LogP contribution in [0.4, 0.5) is 0 Å². The van der Waals surface area contributed by atoms with Gasteiger partial charge in [0.1, 0.15) is 0 Å². The summed E-state index contributed by atoms with van der Waals surface area (Å²) in [5.74, 6) is 0. The van der Waals surface area contributed by atoms with E-state index in [-0.39, 0.29) is 0 Å². The monoisotopic (exact) mass is 295 g/mol. The molecule has 0 atom stereocenters. The topological polar surface area (TPSA) is 12.0 Å². The maximum absolute atomic E-state index is 3.31. The molecule has 21 heavy (non-hydrogen) atoms. The van der Waals surface area contributed by atoms with Gasteiger partial charge in [0.15, 0.2) is 0 Å². The first-order valence-electron chi connectivity index (χ1n) is 9.71. The zero-order chi connectivity index (χ0) is 15.6. The molecule has 0 aliphatic heterocycles. The Morgan fingerprint density at radius 1 is 0.667 bits per heavy atom. The number of hydrogen-bond donors (Lipinski definition) is 1. The summed E-state index contributed by atoms with van der Waals surface area (Å²) in [6.45, 7) is 4.50. The largest absolute Gasteiger partial charge is 0.392 e. The van der Waals surface area contributed by atoms with Gasteiger partial charge in [0, 0.05) is 12.7 Å². The molecule has 0 bridgehead atoms. The van der Waals surface area contributed by atoms with E-state index in [0.29, 0.717) is 0 Å². The van der Waals surface area contributed by atoms with E-state index in [2.05, 4.69) is 25.2 Å². The zero-order valence-electron chi connectivity index (χ0n) is 15.2. The van der Waals surface area contributed by atoms with E-state index in [9.17, 15) is 0 Å². The van der Waals surface area contributed by atoms with Crippen LogP contribution < -0.4 is 5.32 Å². The van der Waals surface area contributed by atoms with E-state index in [1.54, 1.807) is 0 Å². The fourth-order valence-corrected chi connectivity index (χ4v) is 2.91. The van der Waals surface area contributed by atoms with Gasteiger partial charge in [0.05, 0.1) is 0 Å². The molecule has 0 spiro atoms. The molecule has 0 saturated heterocycles. The Bertz CT molecular complexity index is 220. The van der Waals surface area contributed by atoms with Gasteiger partial charge >= 0.3 is 0 Å². The fourth-order valence-electron chi connectivity index (χ4n) is 2.91. The molecule has 0 rings (SSSR count). The highest BCUT2D eigenvalue weighted by Crippen LogP contribution is 2.14. The molecule has 0 aliphatic carbocycles. The SMILES string of the molecule is CCC=C(CCCCCCCCCCCCCCC)NC. The van der Waals surface area contributed by atoms with Crippen LogP contribution in [0.15, 0.2) is 11.8 Å². The highest BCUT2D eigenvalue weighted by molar-refractivity contribution is 4.97. The summed E-state index contributed by atoms with van der Waals surface area (Å²) < 4.78 is 0. The van der Waals surface area contributed by atoms with Gasteiger partial charge in [0.2, 0.25) is 0 Å². The Labute approximate surface area is 135 Å². The Morgan fingerprint density at radius 2 is 1.10 bits per heavy atom. The van der Waals surface area contributed by atoms with Crippen molar-refractivity contribution in [2.75, 3.05) is 7.05 Å². The van der Waals surface area contributed by atoms with Gasteiger partial charge in [0.25, 0.3) is 0 Å². The van der Waals surface area contributed by atoms with Gasteiger partial charge in [-0.1, -0.05) is 97.0 Å². The van der Waals surface area contributed by atoms with Crippen molar-refractivity contribution >= 4 is 0 Å². The van der Waals surface area contributed by atoms with Crippen molar-refractivity contribution in [1.29, 1.82) is 0 Å². The molecule has 0 heterocycles. The van der Waals surface area contributed by atoms with Crippen LogP contribution in [0.2, 0.25) is 0 Å². The van der Waals surface area contributed by atoms with Gasteiger partial charge < -0.3 is 5.32 Å². The fraction of sp³-hybridized carbons (Fsp3) is 0.900. The second-order valence-corrected chi connectivity index (χ2v) is 6.38. The van der Waals surface area contributed by atoms with Crippen LogP contribution in [0.1, 0.15) is 110 Å². The van der Waals surface area contributed by atoms with E-state index in [1.165, 1.54) is 95.6 Å². The molecule has 0 aromatic rings. The second kappa shape index (κ2) is 17.6. The Balaban J connectivity index is 3.14. The first-order valence-corrected chi connectivity index (χ1v) is 9.71. The highest BCUT2D eigenvalue weighted by Gasteiger charge is 1.96. The second-order valence-electron chi connectivity index (χ2n) is 6.38. The lowest BCUT2D eigenvalue weighted by Crippen LogP contribution is -2.05. The Kier molecular flexibility index (Phi) is 17.2. The lowest BCUT2D eigenvalue weighted by molar-refractivity contribution is 0.538. The third-order valence-corrected chi connectivity index (χ3v) is 4.32. The van der Waals surface area contributed by atoms with Crippen LogP contribution in [0.5, 0.6) is 0 Å². The smallest absolute Gasteiger partial charge is 0.00634 e. The minimum Gasteiger partial charge on any atom is -0.392 e. The van der Waals surface area contributed by atoms with Crippen molar-refractivity contribution in [3.05, 3.63) is 11.8 Å². The molecule has 0 aromatic carbocycles.